The van der Waals surface area contributed by atoms with Crippen molar-refractivity contribution < 1.29 is 9.90 Å². The van der Waals surface area contributed by atoms with Crippen molar-refractivity contribution in [2.24, 2.45) is 5.73 Å². The van der Waals surface area contributed by atoms with Gasteiger partial charge in [0, 0.05) is 4.88 Å². The van der Waals surface area contributed by atoms with Gasteiger partial charge in [-0.2, -0.15) is 0 Å². The summed E-state index contributed by atoms with van der Waals surface area (Å²) in [5.74, 6) is -1.05. The highest BCUT2D eigenvalue weighted by Crippen LogP contribution is 2.29. The maximum atomic E-state index is 10.7. The van der Waals surface area contributed by atoms with Crippen molar-refractivity contribution in [2.45, 2.75) is 12.5 Å². The standard InChI is InChI=1S/C7H8ClNO2S/c1-7(9,6(10)11)4-2-3-5(8)12-4/h2-3H,9H2,1H3,(H,10,11)/t7-/m1/s1. The number of hydrogen-bond acceptors (Lipinski definition) is 3. The van der Waals surface area contributed by atoms with E-state index in [1.165, 1.54) is 18.3 Å². The van der Waals surface area contributed by atoms with E-state index < -0.39 is 11.5 Å². The first-order valence-corrected chi connectivity index (χ1v) is 4.42. The third kappa shape index (κ3) is 1.60. The van der Waals surface area contributed by atoms with Crippen LogP contribution in [0.5, 0.6) is 0 Å². The molecule has 0 aliphatic rings. The van der Waals surface area contributed by atoms with E-state index in [9.17, 15) is 4.79 Å². The molecule has 1 aromatic rings. The van der Waals surface area contributed by atoms with Crippen LogP contribution in [0.4, 0.5) is 0 Å². The van der Waals surface area contributed by atoms with Gasteiger partial charge in [-0.25, -0.2) is 4.79 Å². The van der Waals surface area contributed by atoms with Gasteiger partial charge >= 0.3 is 5.97 Å². The van der Waals surface area contributed by atoms with Crippen LogP contribution in [0.3, 0.4) is 0 Å². The fourth-order valence-corrected chi connectivity index (χ4v) is 1.79. The average molecular weight is 206 g/mol. The summed E-state index contributed by atoms with van der Waals surface area (Å²) in [6.45, 7) is 1.44. The summed E-state index contributed by atoms with van der Waals surface area (Å²) in [5, 5.41) is 8.74. The number of hydrogen-bond donors (Lipinski definition) is 2. The fraction of sp³-hybridized carbons (Fsp3) is 0.286. The van der Waals surface area contributed by atoms with Crippen LogP contribution >= 0.6 is 22.9 Å². The van der Waals surface area contributed by atoms with Crippen LogP contribution in [-0.4, -0.2) is 11.1 Å². The lowest BCUT2D eigenvalue weighted by Crippen LogP contribution is -2.40. The number of nitrogens with two attached hydrogens (primary N) is 1. The van der Waals surface area contributed by atoms with Crippen molar-refractivity contribution in [3.05, 3.63) is 21.3 Å². The monoisotopic (exact) mass is 205 g/mol. The first-order chi connectivity index (χ1) is 5.44. The third-order valence-electron chi connectivity index (χ3n) is 1.53. The Bertz CT molecular complexity index is 308. The smallest absolute Gasteiger partial charge is 0.328 e. The van der Waals surface area contributed by atoms with E-state index in [1.807, 2.05) is 0 Å². The Kier molecular flexibility index (Phi) is 2.41. The summed E-state index contributed by atoms with van der Waals surface area (Å²) in [5.41, 5.74) is 4.21. The zero-order valence-electron chi connectivity index (χ0n) is 6.37. The molecule has 0 saturated carbocycles. The number of aliphatic carboxylic acids is 1. The number of thiophene rings is 1. The first-order valence-electron chi connectivity index (χ1n) is 3.22. The molecule has 12 heavy (non-hydrogen) atoms. The van der Waals surface area contributed by atoms with Gasteiger partial charge in [0.05, 0.1) is 4.34 Å². The Morgan fingerprint density at radius 3 is 2.67 bits per heavy atom. The molecule has 0 spiro atoms. The molecule has 0 radical (unpaired) electrons. The molecular formula is C7H8ClNO2S. The Balaban J connectivity index is 3.05. The summed E-state index contributed by atoms with van der Waals surface area (Å²) in [6.07, 6.45) is 0. The van der Waals surface area contributed by atoms with E-state index >= 15 is 0 Å². The predicted molar refractivity (Wildman–Crippen MR) is 48.5 cm³/mol. The van der Waals surface area contributed by atoms with Crippen molar-refractivity contribution in [3.8, 4) is 0 Å². The Morgan fingerprint density at radius 1 is 1.75 bits per heavy atom. The molecule has 0 saturated heterocycles. The summed E-state index contributed by atoms with van der Waals surface area (Å²) < 4.78 is 0.544. The van der Waals surface area contributed by atoms with E-state index in [1.54, 1.807) is 12.1 Å². The molecule has 3 nitrogen and oxygen atoms in total. The van der Waals surface area contributed by atoms with Crippen LogP contribution in [0.1, 0.15) is 11.8 Å². The van der Waals surface area contributed by atoms with Gasteiger partial charge in [-0.15, -0.1) is 11.3 Å². The molecule has 0 bridgehead atoms. The number of rotatable bonds is 2. The Hall–Kier alpha value is -0.580. The van der Waals surface area contributed by atoms with E-state index in [4.69, 9.17) is 22.4 Å². The lowest BCUT2D eigenvalue weighted by atomic mass is 10.0. The first kappa shape index (κ1) is 9.51. The largest absolute Gasteiger partial charge is 0.480 e. The van der Waals surface area contributed by atoms with Gasteiger partial charge in [0.25, 0.3) is 0 Å². The number of carboxylic acid groups (broad SMARTS) is 1. The third-order valence-corrected chi connectivity index (χ3v) is 3.00. The molecule has 0 amide bonds. The van der Waals surface area contributed by atoms with Crippen molar-refractivity contribution in [1.29, 1.82) is 0 Å². The van der Waals surface area contributed by atoms with Crippen molar-refractivity contribution in [3.63, 3.8) is 0 Å². The van der Waals surface area contributed by atoms with Crippen LogP contribution in [0.25, 0.3) is 0 Å². The number of carbonyl (C=O) groups is 1. The highest BCUT2D eigenvalue weighted by Gasteiger charge is 2.31. The number of halogens is 1. The minimum atomic E-state index is -1.34. The van der Waals surface area contributed by atoms with Gasteiger partial charge in [0.15, 0.2) is 0 Å². The predicted octanol–water partition coefficient (Wildman–Crippen LogP) is 1.66. The molecule has 0 aliphatic heterocycles. The van der Waals surface area contributed by atoms with E-state index in [0.717, 1.165) is 0 Å². The minimum absolute atomic E-state index is 0.544. The molecule has 1 atom stereocenters. The molecule has 0 unspecified atom stereocenters. The van der Waals surface area contributed by atoms with Crippen molar-refractivity contribution >= 4 is 28.9 Å². The van der Waals surface area contributed by atoms with E-state index in [-0.39, 0.29) is 0 Å². The summed E-state index contributed by atoms with van der Waals surface area (Å²) in [4.78, 5) is 11.2. The Morgan fingerprint density at radius 2 is 2.33 bits per heavy atom. The molecule has 1 aromatic heterocycles. The maximum absolute atomic E-state index is 10.7. The lowest BCUT2D eigenvalue weighted by molar-refractivity contribution is -0.142. The average Bonchev–Trinajstić information content (AvgIpc) is 2.35. The highest BCUT2D eigenvalue weighted by atomic mass is 35.5. The van der Waals surface area contributed by atoms with Gasteiger partial charge in [-0.05, 0) is 19.1 Å². The zero-order valence-corrected chi connectivity index (χ0v) is 7.95. The molecule has 5 heteroatoms. The van der Waals surface area contributed by atoms with Crippen LogP contribution in [0.15, 0.2) is 12.1 Å². The second-order valence-corrected chi connectivity index (χ2v) is 4.33. The molecule has 1 heterocycles. The van der Waals surface area contributed by atoms with Gasteiger partial charge in [0.2, 0.25) is 0 Å². The normalized spacial score (nSPS) is 15.6. The summed E-state index contributed by atoms with van der Waals surface area (Å²) in [6, 6.07) is 3.26. The summed E-state index contributed by atoms with van der Waals surface area (Å²) >= 11 is 6.82. The summed E-state index contributed by atoms with van der Waals surface area (Å²) in [7, 11) is 0. The van der Waals surface area contributed by atoms with Crippen molar-refractivity contribution in [1.82, 2.24) is 0 Å². The van der Waals surface area contributed by atoms with Gasteiger partial charge in [-0.1, -0.05) is 11.6 Å². The quantitative estimate of drug-likeness (QED) is 0.772. The Labute approximate surface area is 78.8 Å². The fourth-order valence-electron chi connectivity index (χ4n) is 0.699. The molecule has 66 valence electrons. The second kappa shape index (κ2) is 3.05. The van der Waals surface area contributed by atoms with Crippen LogP contribution in [0.2, 0.25) is 4.34 Å². The SMILES string of the molecule is C[C@](N)(C(=O)O)c1ccc(Cl)s1. The maximum Gasteiger partial charge on any atom is 0.328 e. The molecule has 0 aromatic carbocycles. The minimum Gasteiger partial charge on any atom is -0.480 e. The molecular weight excluding hydrogens is 198 g/mol. The van der Waals surface area contributed by atoms with E-state index in [2.05, 4.69) is 0 Å². The van der Waals surface area contributed by atoms with Crippen LogP contribution in [-0.2, 0) is 10.3 Å². The molecule has 3 N–H and O–H groups in total. The molecule has 0 fully saturated rings. The van der Waals surface area contributed by atoms with Gasteiger partial charge < -0.3 is 10.8 Å². The van der Waals surface area contributed by atoms with Gasteiger partial charge in [0.1, 0.15) is 5.54 Å². The number of carboxylic acids is 1. The van der Waals surface area contributed by atoms with Crippen LogP contribution in [0, 0.1) is 0 Å². The van der Waals surface area contributed by atoms with Crippen molar-refractivity contribution in [2.75, 3.05) is 0 Å². The molecule has 0 aliphatic carbocycles. The van der Waals surface area contributed by atoms with Crippen LogP contribution < -0.4 is 5.73 Å². The topological polar surface area (TPSA) is 63.3 Å². The zero-order chi connectivity index (χ0) is 9.35. The highest BCUT2D eigenvalue weighted by molar-refractivity contribution is 7.16. The molecule has 1 rings (SSSR count). The second-order valence-electron chi connectivity index (χ2n) is 2.61. The van der Waals surface area contributed by atoms with E-state index in [0.29, 0.717) is 9.21 Å². The lowest BCUT2D eigenvalue weighted by Gasteiger charge is -2.16. The van der Waals surface area contributed by atoms with Gasteiger partial charge in [-0.3, -0.25) is 0 Å².